The third-order valence-corrected chi connectivity index (χ3v) is 5.07. The summed E-state index contributed by atoms with van der Waals surface area (Å²) in [6, 6.07) is 14.8. The number of carbonyl (C=O) groups excluding carboxylic acids is 1. The standard InChI is InChI=1S/C22H13Cl3N4O3/c23-13-3-12(9-26)4-16(6-13)32-17-7-14(24)5-15(8-17)31-10-20(30)29-18-1-2-19-22(21(18)25)28-11-27-19/h1-8,11H,10H2,(H,27,28)(H,29,30). The molecule has 0 aliphatic carbocycles. The molecule has 10 heteroatoms. The molecule has 1 aromatic heterocycles. The summed E-state index contributed by atoms with van der Waals surface area (Å²) in [7, 11) is 0. The first-order valence-electron chi connectivity index (χ1n) is 9.14. The van der Waals surface area contributed by atoms with Crippen LogP contribution >= 0.6 is 34.8 Å². The maximum atomic E-state index is 12.3. The number of hydrogen-bond acceptors (Lipinski definition) is 5. The Morgan fingerprint density at radius 2 is 1.75 bits per heavy atom. The zero-order chi connectivity index (χ0) is 22.7. The summed E-state index contributed by atoms with van der Waals surface area (Å²) in [6.45, 7) is -0.287. The molecular weight excluding hydrogens is 475 g/mol. The van der Waals surface area contributed by atoms with Crippen molar-refractivity contribution in [1.82, 2.24) is 9.97 Å². The van der Waals surface area contributed by atoms with E-state index in [1.165, 1.54) is 12.4 Å². The average Bonchev–Trinajstić information content (AvgIpc) is 3.23. The van der Waals surface area contributed by atoms with Gasteiger partial charge in [-0.2, -0.15) is 5.26 Å². The van der Waals surface area contributed by atoms with Crippen molar-refractivity contribution in [3.63, 3.8) is 0 Å². The van der Waals surface area contributed by atoms with Gasteiger partial charge in [0.25, 0.3) is 5.91 Å². The largest absolute Gasteiger partial charge is 0.484 e. The van der Waals surface area contributed by atoms with Crippen LogP contribution < -0.4 is 14.8 Å². The van der Waals surface area contributed by atoms with E-state index in [2.05, 4.69) is 15.3 Å². The number of benzene rings is 3. The van der Waals surface area contributed by atoms with Crippen LogP contribution in [0.1, 0.15) is 5.56 Å². The van der Waals surface area contributed by atoms with E-state index >= 15 is 0 Å². The molecule has 7 nitrogen and oxygen atoms in total. The Bertz CT molecular complexity index is 1360. The van der Waals surface area contributed by atoms with Gasteiger partial charge in [0.05, 0.1) is 34.2 Å². The number of aromatic nitrogens is 2. The second-order valence-electron chi connectivity index (χ2n) is 6.57. The highest BCUT2D eigenvalue weighted by atomic mass is 35.5. The number of fused-ring (bicyclic) bond motifs is 1. The van der Waals surface area contributed by atoms with Gasteiger partial charge in [0.2, 0.25) is 0 Å². The summed E-state index contributed by atoms with van der Waals surface area (Å²) < 4.78 is 11.3. The van der Waals surface area contributed by atoms with Crippen molar-refractivity contribution in [2.45, 2.75) is 0 Å². The minimum Gasteiger partial charge on any atom is -0.484 e. The number of nitrogens with one attached hydrogen (secondary N) is 2. The van der Waals surface area contributed by atoms with Crippen LogP contribution in [0.2, 0.25) is 15.1 Å². The number of ether oxygens (including phenoxy) is 2. The summed E-state index contributed by atoms with van der Waals surface area (Å²) in [5.41, 5.74) is 2.10. The lowest BCUT2D eigenvalue weighted by Crippen LogP contribution is -2.20. The highest BCUT2D eigenvalue weighted by Crippen LogP contribution is 2.32. The highest BCUT2D eigenvalue weighted by molar-refractivity contribution is 6.38. The van der Waals surface area contributed by atoms with Gasteiger partial charge < -0.3 is 19.8 Å². The molecule has 0 radical (unpaired) electrons. The van der Waals surface area contributed by atoms with Crippen molar-refractivity contribution in [1.29, 1.82) is 5.26 Å². The second kappa shape index (κ2) is 9.37. The SMILES string of the molecule is N#Cc1cc(Cl)cc(Oc2cc(Cl)cc(OCC(=O)Nc3ccc4[nH]cnc4c3Cl)c2)c1. The Morgan fingerprint density at radius 3 is 2.53 bits per heavy atom. The minimum atomic E-state index is -0.419. The molecule has 1 amide bonds. The first-order valence-corrected chi connectivity index (χ1v) is 10.3. The van der Waals surface area contributed by atoms with E-state index in [1.54, 1.807) is 42.5 Å². The van der Waals surface area contributed by atoms with E-state index in [1.807, 2.05) is 6.07 Å². The third-order valence-electron chi connectivity index (χ3n) is 4.25. The zero-order valence-corrected chi connectivity index (χ0v) is 18.4. The number of halogens is 3. The molecule has 1 heterocycles. The maximum Gasteiger partial charge on any atom is 0.262 e. The number of anilines is 1. The summed E-state index contributed by atoms with van der Waals surface area (Å²) in [4.78, 5) is 19.4. The molecule has 0 aliphatic heterocycles. The van der Waals surface area contributed by atoms with Gasteiger partial charge in [0, 0.05) is 16.1 Å². The number of carbonyl (C=O) groups is 1. The molecule has 0 aliphatic rings. The monoisotopic (exact) mass is 486 g/mol. The molecule has 0 fully saturated rings. The molecule has 0 unspecified atom stereocenters. The Balaban J connectivity index is 1.43. The summed E-state index contributed by atoms with van der Waals surface area (Å²) >= 11 is 18.4. The van der Waals surface area contributed by atoms with E-state index < -0.39 is 5.91 Å². The highest BCUT2D eigenvalue weighted by Gasteiger charge is 2.12. The van der Waals surface area contributed by atoms with Crippen molar-refractivity contribution in [2.75, 3.05) is 11.9 Å². The Hall–Kier alpha value is -3.44. The summed E-state index contributed by atoms with van der Waals surface area (Å²) in [5, 5.41) is 12.8. The molecule has 0 saturated heterocycles. The van der Waals surface area contributed by atoms with E-state index in [9.17, 15) is 4.79 Å². The Labute approximate surface area is 197 Å². The van der Waals surface area contributed by atoms with Gasteiger partial charge in [-0.15, -0.1) is 0 Å². The van der Waals surface area contributed by atoms with Gasteiger partial charge >= 0.3 is 0 Å². The van der Waals surface area contributed by atoms with Gasteiger partial charge in [-0.3, -0.25) is 4.79 Å². The maximum absolute atomic E-state index is 12.3. The molecule has 4 rings (SSSR count). The molecule has 160 valence electrons. The number of amides is 1. The first kappa shape index (κ1) is 21.8. The van der Waals surface area contributed by atoms with Crippen LogP contribution in [0, 0.1) is 11.3 Å². The van der Waals surface area contributed by atoms with Gasteiger partial charge in [-0.25, -0.2) is 4.98 Å². The predicted molar refractivity (Wildman–Crippen MR) is 123 cm³/mol. The minimum absolute atomic E-state index is 0.287. The number of nitrogens with zero attached hydrogens (tertiary/aromatic N) is 2. The van der Waals surface area contributed by atoms with Crippen molar-refractivity contribution in [3.8, 4) is 23.3 Å². The normalized spacial score (nSPS) is 10.6. The second-order valence-corrected chi connectivity index (χ2v) is 7.83. The molecular formula is C22H13Cl3N4O3. The first-order chi connectivity index (χ1) is 15.4. The molecule has 0 spiro atoms. The van der Waals surface area contributed by atoms with E-state index in [0.29, 0.717) is 49.1 Å². The van der Waals surface area contributed by atoms with E-state index in [-0.39, 0.29) is 6.61 Å². The molecule has 0 saturated carbocycles. The average molecular weight is 488 g/mol. The fourth-order valence-corrected chi connectivity index (χ4v) is 3.61. The van der Waals surface area contributed by atoms with Crippen LogP contribution in [-0.2, 0) is 4.79 Å². The summed E-state index contributed by atoms with van der Waals surface area (Å²) in [6.07, 6.45) is 1.52. The van der Waals surface area contributed by atoms with Crippen LogP contribution in [0.15, 0.2) is 54.9 Å². The van der Waals surface area contributed by atoms with Crippen LogP contribution in [0.3, 0.4) is 0 Å². The fourth-order valence-electron chi connectivity index (χ4n) is 2.91. The Morgan fingerprint density at radius 1 is 1.03 bits per heavy atom. The third kappa shape index (κ3) is 5.06. The van der Waals surface area contributed by atoms with Crippen LogP contribution in [0.4, 0.5) is 5.69 Å². The molecule has 3 aromatic carbocycles. The number of hydrogen-bond donors (Lipinski definition) is 2. The van der Waals surface area contributed by atoms with Crippen LogP contribution in [0.25, 0.3) is 11.0 Å². The zero-order valence-electron chi connectivity index (χ0n) is 16.2. The van der Waals surface area contributed by atoms with Gasteiger partial charge in [-0.05, 0) is 42.5 Å². The molecule has 0 atom stereocenters. The number of H-pyrrole nitrogens is 1. The van der Waals surface area contributed by atoms with E-state index in [4.69, 9.17) is 49.5 Å². The van der Waals surface area contributed by atoms with Crippen molar-refractivity contribution in [3.05, 3.63) is 75.5 Å². The van der Waals surface area contributed by atoms with Crippen molar-refractivity contribution < 1.29 is 14.3 Å². The number of aromatic amines is 1. The van der Waals surface area contributed by atoms with Gasteiger partial charge in [0.1, 0.15) is 22.8 Å². The number of rotatable bonds is 6. The quantitative estimate of drug-likeness (QED) is 0.337. The van der Waals surface area contributed by atoms with Gasteiger partial charge in [0.15, 0.2) is 6.61 Å². The molecule has 0 bridgehead atoms. The van der Waals surface area contributed by atoms with E-state index in [0.717, 1.165) is 5.52 Å². The molecule has 32 heavy (non-hydrogen) atoms. The number of imidazole rings is 1. The van der Waals surface area contributed by atoms with Crippen molar-refractivity contribution in [2.24, 2.45) is 0 Å². The van der Waals surface area contributed by atoms with Crippen molar-refractivity contribution >= 4 is 57.4 Å². The number of nitriles is 1. The smallest absolute Gasteiger partial charge is 0.262 e. The molecule has 2 N–H and O–H groups in total. The lowest BCUT2D eigenvalue weighted by molar-refractivity contribution is -0.118. The van der Waals surface area contributed by atoms with Gasteiger partial charge in [-0.1, -0.05) is 34.8 Å². The lowest BCUT2D eigenvalue weighted by atomic mass is 10.2. The van der Waals surface area contributed by atoms with Crippen LogP contribution in [0.5, 0.6) is 17.2 Å². The topological polar surface area (TPSA) is 100 Å². The lowest BCUT2D eigenvalue weighted by Gasteiger charge is -2.12. The predicted octanol–water partition coefficient (Wildman–Crippen LogP) is 6.20. The Kier molecular flexibility index (Phi) is 6.37. The fraction of sp³-hybridized carbons (Fsp3) is 0.0455. The summed E-state index contributed by atoms with van der Waals surface area (Å²) in [5.74, 6) is 0.617. The van der Waals surface area contributed by atoms with Crippen LogP contribution in [-0.4, -0.2) is 22.5 Å². The molecule has 4 aromatic rings.